The number of nitrogens with one attached hydrogen (secondary N) is 1. The number of hydrogen-bond acceptors (Lipinski definition) is 3. The van der Waals surface area contributed by atoms with Crippen LogP contribution >= 0.6 is 0 Å². The Morgan fingerprint density at radius 3 is 2.82 bits per heavy atom. The largest absolute Gasteiger partial charge is 0.370 e. The van der Waals surface area contributed by atoms with Crippen molar-refractivity contribution in [2.45, 2.75) is 69.6 Å². The molecule has 3 N–H and O–H groups in total. The highest BCUT2D eigenvalue weighted by molar-refractivity contribution is 5.74. The normalized spacial score (nSPS) is 28.6. The molecule has 0 radical (unpaired) electrons. The summed E-state index contributed by atoms with van der Waals surface area (Å²) in [5.41, 5.74) is 5.37. The highest BCUT2D eigenvalue weighted by Gasteiger charge is 2.41. The van der Waals surface area contributed by atoms with E-state index in [4.69, 9.17) is 10.5 Å². The monoisotopic (exact) mass is 240 g/mol. The fraction of sp³-hybridized carbons (Fsp3) is 0.923. The van der Waals surface area contributed by atoms with E-state index in [1.807, 2.05) is 6.92 Å². The molecule has 4 nitrogen and oxygen atoms in total. The Kier molecular flexibility index (Phi) is 4.05. The van der Waals surface area contributed by atoms with Gasteiger partial charge in [0.05, 0.1) is 11.7 Å². The molecular weight excluding hydrogens is 216 g/mol. The third-order valence-electron chi connectivity index (χ3n) is 4.05. The maximum Gasteiger partial charge on any atom is 0.218 e. The molecule has 2 aliphatic rings. The predicted octanol–water partition coefficient (Wildman–Crippen LogP) is 1.33. The second-order valence-electron chi connectivity index (χ2n) is 5.65. The Morgan fingerprint density at radius 2 is 2.18 bits per heavy atom. The van der Waals surface area contributed by atoms with Crippen molar-refractivity contribution in [3.8, 4) is 0 Å². The average Bonchev–Trinajstić information content (AvgIpc) is 2.86. The van der Waals surface area contributed by atoms with E-state index in [-0.39, 0.29) is 17.6 Å². The molecule has 0 aromatic heterocycles. The van der Waals surface area contributed by atoms with Gasteiger partial charge in [-0.3, -0.25) is 4.79 Å². The number of amides is 1. The summed E-state index contributed by atoms with van der Waals surface area (Å²) in [6.45, 7) is 2.83. The Morgan fingerprint density at radius 1 is 1.47 bits per heavy atom. The number of rotatable bonds is 5. The zero-order valence-electron chi connectivity index (χ0n) is 10.7. The molecule has 1 heterocycles. The molecule has 2 rings (SSSR count). The van der Waals surface area contributed by atoms with Gasteiger partial charge in [0.1, 0.15) is 0 Å². The summed E-state index contributed by atoms with van der Waals surface area (Å²) in [6.07, 6.45) is 8.19. The van der Waals surface area contributed by atoms with Crippen LogP contribution in [0.3, 0.4) is 0 Å². The topological polar surface area (TPSA) is 64.4 Å². The molecule has 0 bridgehead atoms. The van der Waals surface area contributed by atoms with Crippen LogP contribution in [0.5, 0.6) is 0 Å². The first-order chi connectivity index (χ1) is 8.10. The molecule has 2 fully saturated rings. The van der Waals surface area contributed by atoms with Gasteiger partial charge in [0.25, 0.3) is 0 Å². The van der Waals surface area contributed by atoms with Gasteiger partial charge in [0, 0.05) is 19.0 Å². The van der Waals surface area contributed by atoms with Gasteiger partial charge in [-0.2, -0.15) is 0 Å². The number of carbonyl (C=O) groups excluding carboxylic acids is 1. The zero-order valence-corrected chi connectivity index (χ0v) is 10.7. The van der Waals surface area contributed by atoms with Crippen LogP contribution in [-0.2, 0) is 9.53 Å². The van der Waals surface area contributed by atoms with Crippen LogP contribution in [0.2, 0.25) is 0 Å². The summed E-state index contributed by atoms with van der Waals surface area (Å²) in [5.74, 6) is -0.246. The molecule has 4 heteroatoms. The molecule has 1 aliphatic carbocycles. The number of hydrogen-bond donors (Lipinski definition) is 2. The van der Waals surface area contributed by atoms with Crippen molar-refractivity contribution in [2.24, 2.45) is 5.73 Å². The van der Waals surface area contributed by atoms with E-state index in [0.717, 1.165) is 13.0 Å². The van der Waals surface area contributed by atoms with Gasteiger partial charge in [-0.25, -0.2) is 0 Å². The van der Waals surface area contributed by atoms with Crippen molar-refractivity contribution in [3.63, 3.8) is 0 Å². The molecule has 2 atom stereocenters. The number of ether oxygens (including phenoxy) is 1. The number of carbonyl (C=O) groups is 1. The standard InChI is InChI=1S/C13H24N2O2/c1-10(8-12(14)16)15-9-11-4-7-13(17-11)5-2-3-6-13/h10-11,15H,2-9H2,1H3,(H2,14,16). The molecule has 1 amide bonds. The Balaban J connectivity index is 1.69. The molecule has 1 saturated heterocycles. The van der Waals surface area contributed by atoms with E-state index >= 15 is 0 Å². The van der Waals surface area contributed by atoms with Gasteiger partial charge in [-0.1, -0.05) is 12.8 Å². The van der Waals surface area contributed by atoms with Gasteiger partial charge >= 0.3 is 0 Å². The van der Waals surface area contributed by atoms with Gasteiger partial charge in [-0.05, 0) is 32.6 Å². The van der Waals surface area contributed by atoms with Crippen molar-refractivity contribution in [3.05, 3.63) is 0 Å². The van der Waals surface area contributed by atoms with Crippen molar-refractivity contribution < 1.29 is 9.53 Å². The van der Waals surface area contributed by atoms with Crippen molar-refractivity contribution in [1.82, 2.24) is 5.32 Å². The van der Waals surface area contributed by atoms with Crippen LogP contribution in [0.4, 0.5) is 0 Å². The van der Waals surface area contributed by atoms with Crippen molar-refractivity contribution in [1.29, 1.82) is 0 Å². The highest BCUT2D eigenvalue weighted by atomic mass is 16.5. The third kappa shape index (κ3) is 3.42. The predicted molar refractivity (Wildman–Crippen MR) is 66.6 cm³/mol. The van der Waals surface area contributed by atoms with E-state index in [1.165, 1.54) is 32.1 Å². The van der Waals surface area contributed by atoms with Crippen LogP contribution in [0.15, 0.2) is 0 Å². The Bertz CT molecular complexity index is 275. The summed E-state index contributed by atoms with van der Waals surface area (Å²) >= 11 is 0. The first-order valence-electron chi connectivity index (χ1n) is 6.79. The third-order valence-corrected chi connectivity index (χ3v) is 4.05. The van der Waals surface area contributed by atoms with Crippen LogP contribution in [0, 0.1) is 0 Å². The second kappa shape index (κ2) is 5.36. The van der Waals surface area contributed by atoms with E-state index < -0.39 is 0 Å². The van der Waals surface area contributed by atoms with Gasteiger partial charge < -0.3 is 15.8 Å². The van der Waals surface area contributed by atoms with E-state index in [2.05, 4.69) is 5.32 Å². The van der Waals surface area contributed by atoms with Crippen molar-refractivity contribution >= 4 is 5.91 Å². The number of primary amides is 1. The lowest BCUT2D eigenvalue weighted by atomic mass is 9.98. The smallest absolute Gasteiger partial charge is 0.218 e. The fourth-order valence-electron chi connectivity index (χ4n) is 3.13. The lowest BCUT2D eigenvalue weighted by Crippen LogP contribution is -2.37. The quantitative estimate of drug-likeness (QED) is 0.762. The molecular formula is C13H24N2O2. The minimum Gasteiger partial charge on any atom is -0.370 e. The van der Waals surface area contributed by atoms with Crippen LogP contribution < -0.4 is 11.1 Å². The molecule has 0 aromatic rings. The number of nitrogens with two attached hydrogens (primary N) is 1. The van der Waals surface area contributed by atoms with E-state index in [9.17, 15) is 4.79 Å². The average molecular weight is 240 g/mol. The van der Waals surface area contributed by atoms with Crippen LogP contribution in [-0.4, -0.2) is 30.2 Å². The summed E-state index contributed by atoms with van der Waals surface area (Å²) in [7, 11) is 0. The lowest BCUT2D eigenvalue weighted by Gasteiger charge is -2.24. The fourth-order valence-corrected chi connectivity index (χ4v) is 3.13. The summed E-state index contributed by atoms with van der Waals surface area (Å²) in [5, 5.41) is 3.34. The molecule has 0 aromatic carbocycles. The Labute approximate surface area is 103 Å². The molecule has 17 heavy (non-hydrogen) atoms. The highest BCUT2D eigenvalue weighted by Crippen LogP contribution is 2.43. The molecule has 1 spiro atoms. The molecule has 1 saturated carbocycles. The van der Waals surface area contributed by atoms with Crippen LogP contribution in [0.25, 0.3) is 0 Å². The Hall–Kier alpha value is -0.610. The molecule has 1 aliphatic heterocycles. The lowest BCUT2D eigenvalue weighted by molar-refractivity contribution is -0.118. The van der Waals surface area contributed by atoms with E-state index in [1.54, 1.807) is 0 Å². The maximum absolute atomic E-state index is 10.8. The van der Waals surface area contributed by atoms with Crippen LogP contribution in [0.1, 0.15) is 51.9 Å². The molecule has 98 valence electrons. The maximum atomic E-state index is 10.8. The van der Waals surface area contributed by atoms with E-state index in [0.29, 0.717) is 12.5 Å². The second-order valence-corrected chi connectivity index (χ2v) is 5.65. The minimum absolute atomic E-state index is 0.149. The van der Waals surface area contributed by atoms with Crippen molar-refractivity contribution in [2.75, 3.05) is 6.54 Å². The summed E-state index contributed by atoms with van der Waals surface area (Å²) in [4.78, 5) is 10.8. The minimum atomic E-state index is -0.246. The zero-order chi connectivity index (χ0) is 12.3. The first kappa shape index (κ1) is 12.8. The van der Waals surface area contributed by atoms with Gasteiger partial charge in [0.15, 0.2) is 0 Å². The summed E-state index contributed by atoms with van der Waals surface area (Å²) in [6, 6.07) is 0.149. The molecule has 2 unspecified atom stereocenters. The summed E-state index contributed by atoms with van der Waals surface area (Å²) < 4.78 is 6.19. The SMILES string of the molecule is CC(CC(N)=O)NCC1CCC2(CCCC2)O1. The first-order valence-corrected chi connectivity index (χ1v) is 6.79. The van der Waals surface area contributed by atoms with Gasteiger partial charge in [-0.15, -0.1) is 0 Å². The van der Waals surface area contributed by atoms with Gasteiger partial charge in [0.2, 0.25) is 5.91 Å².